The quantitative estimate of drug-likeness (QED) is 0.564. The van der Waals surface area contributed by atoms with Crippen LogP contribution in [0.15, 0.2) is 60.7 Å². The monoisotopic (exact) mass is 359 g/mol. The molecule has 0 amide bonds. The lowest BCUT2D eigenvalue weighted by Gasteiger charge is -2.32. The number of ether oxygens (including phenoxy) is 2. The molecule has 0 N–H and O–H groups in total. The molecule has 2 heteroatoms. The summed E-state index contributed by atoms with van der Waals surface area (Å²) in [6.07, 6.45) is 0.902. The first kappa shape index (κ1) is 19.0. The smallest absolute Gasteiger partial charge is 0.121 e. The van der Waals surface area contributed by atoms with Gasteiger partial charge in [0, 0.05) is 5.41 Å². The molecule has 0 aliphatic heterocycles. The second-order valence-corrected chi connectivity index (χ2v) is 7.29. The van der Waals surface area contributed by atoms with Crippen LogP contribution in [-0.2, 0) is 11.8 Å². The fourth-order valence-corrected chi connectivity index (χ4v) is 3.76. The highest BCUT2D eigenvalue weighted by Gasteiger charge is 2.30. The van der Waals surface area contributed by atoms with Crippen molar-refractivity contribution < 1.29 is 9.47 Å². The molecule has 3 rings (SSSR count). The van der Waals surface area contributed by atoms with Crippen LogP contribution in [0.3, 0.4) is 0 Å². The maximum Gasteiger partial charge on any atom is 0.121 e. The van der Waals surface area contributed by atoms with Crippen molar-refractivity contribution in [1.29, 1.82) is 0 Å². The molecule has 0 aromatic heterocycles. The number of methoxy groups -OCH3 is 2. The highest BCUT2D eigenvalue weighted by Crippen LogP contribution is 2.38. The van der Waals surface area contributed by atoms with Crippen LogP contribution in [0, 0.1) is 19.9 Å². The van der Waals surface area contributed by atoms with Gasteiger partial charge in [-0.1, -0.05) is 55.5 Å². The van der Waals surface area contributed by atoms with E-state index in [-0.39, 0.29) is 5.41 Å². The predicted molar refractivity (Wildman–Crippen MR) is 111 cm³/mol. The molecule has 0 heterocycles. The summed E-state index contributed by atoms with van der Waals surface area (Å²) in [5.74, 6) is 1.84. The highest BCUT2D eigenvalue weighted by molar-refractivity contribution is 5.48. The van der Waals surface area contributed by atoms with Gasteiger partial charge in [0.2, 0.25) is 0 Å². The molecule has 2 nitrogen and oxygen atoms in total. The van der Waals surface area contributed by atoms with Gasteiger partial charge in [0.1, 0.15) is 11.5 Å². The van der Waals surface area contributed by atoms with Crippen LogP contribution < -0.4 is 9.47 Å². The predicted octanol–water partition coefficient (Wildman–Crippen LogP) is 5.67. The second-order valence-electron chi connectivity index (χ2n) is 7.29. The Kier molecular flexibility index (Phi) is 5.55. The third-order valence-corrected chi connectivity index (χ3v) is 5.41. The number of hydrogen-bond donors (Lipinski definition) is 0. The fourth-order valence-electron chi connectivity index (χ4n) is 3.76. The van der Waals surface area contributed by atoms with Gasteiger partial charge < -0.3 is 9.47 Å². The first-order valence-corrected chi connectivity index (χ1v) is 9.23. The summed E-state index contributed by atoms with van der Waals surface area (Å²) in [7, 11) is 3.43. The van der Waals surface area contributed by atoms with E-state index in [1.54, 1.807) is 14.2 Å². The molecule has 3 aromatic rings. The number of aryl methyl sites for hydroxylation is 2. The van der Waals surface area contributed by atoms with Gasteiger partial charge in [0.25, 0.3) is 0 Å². The molecule has 0 bridgehead atoms. The molecular formula is C25H27O2. The summed E-state index contributed by atoms with van der Waals surface area (Å²) < 4.78 is 10.9. The molecule has 0 saturated carbocycles. The molecule has 0 aliphatic rings. The van der Waals surface area contributed by atoms with Gasteiger partial charge >= 0.3 is 0 Å². The second kappa shape index (κ2) is 7.87. The van der Waals surface area contributed by atoms with Crippen LogP contribution >= 0.6 is 0 Å². The first-order valence-electron chi connectivity index (χ1n) is 9.23. The third kappa shape index (κ3) is 3.85. The van der Waals surface area contributed by atoms with Gasteiger partial charge in [-0.15, -0.1) is 0 Å². The number of benzene rings is 3. The summed E-state index contributed by atoms with van der Waals surface area (Å²) in [6, 6.07) is 24.3. The SMILES string of the molecule is COc1ccc(C(C)(Cc2cc[c]cc2)c2ccc(OC)c(C)c2)cc1C. The normalized spacial score (nSPS) is 11.3. The summed E-state index contributed by atoms with van der Waals surface area (Å²) in [6.45, 7) is 6.51. The van der Waals surface area contributed by atoms with E-state index in [0.29, 0.717) is 0 Å². The fraction of sp³-hybridized carbons (Fsp3) is 0.280. The molecule has 0 fully saturated rings. The molecule has 3 aromatic carbocycles. The van der Waals surface area contributed by atoms with Gasteiger partial charge in [-0.25, -0.2) is 0 Å². The van der Waals surface area contributed by atoms with Crippen molar-refractivity contribution in [2.24, 2.45) is 0 Å². The molecular weight excluding hydrogens is 332 g/mol. The van der Waals surface area contributed by atoms with Crippen molar-refractivity contribution >= 4 is 0 Å². The van der Waals surface area contributed by atoms with Gasteiger partial charge in [0.05, 0.1) is 14.2 Å². The minimum absolute atomic E-state index is 0.171. The molecule has 0 spiro atoms. The van der Waals surface area contributed by atoms with Gasteiger partial charge in [-0.3, -0.25) is 0 Å². The Bertz CT molecular complexity index is 859. The lowest BCUT2D eigenvalue weighted by Crippen LogP contribution is -2.27. The molecule has 1 radical (unpaired) electrons. The van der Waals surface area contributed by atoms with Crippen LogP contribution in [0.2, 0.25) is 0 Å². The zero-order chi connectivity index (χ0) is 19.4. The van der Waals surface area contributed by atoms with E-state index in [9.17, 15) is 0 Å². The van der Waals surface area contributed by atoms with Crippen molar-refractivity contribution in [3.05, 3.63) is 94.5 Å². The molecule has 0 atom stereocenters. The Morgan fingerprint density at radius 2 is 1.26 bits per heavy atom. The summed E-state index contributed by atoms with van der Waals surface area (Å²) >= 11 is 0. The van der Waals surface area contributed by atoms with Crippen molar-refractivity contribution in [1.82, 2.24) is 0 Å². The average molecular weight is 359 g/mol. The first-order chi connectivity index (χ1) is 13.0. The van der Waals surface area contributed by atoms with Crippen molar-refractivity contribution in [3.8, 4) is 11.5 Å². The van der Waals surface area contributed by atoms with E-state index in [0.717, 1.165) is 29.0 Å². The summed E-state index contributed by atoms with van der Waals surface area (Å²) in [5.41, 5.74) is 5.96. The summed E-state index contributed by atoms with van der Waals surface area (Å²) in [5, 5.41) is 0. The summed E-state index contributed by atoms with van der Waals surface area (Å²) in [4.78, 5) is 0. The Labute approximate surface area is 162 Å². The van der Waals surface area contributed by atoms with Crippen LogP contribution in [0.25, 0.3) is 0 Å². The van der Waals surface area contributed by atoms with E-state index in [1.807, 2.05) is 12.1 Å². The van der Waals surface area contributed by atoms with E-state index in [2.05, 4.69) is 75.4 Å². The number of hydrogen-bond acceptors (Lipinski definition) is 2. The van der Waals surface area contributed by atoms with Gasteiger partial charge in [0.15, 0.2) is 0 Å². The topological polar surface area (TPSA) is 18.5 Å². The van der Waals surface area contributed by atoms with Gasteiger partial charge in [-0.05, 0) is 66.3 Å². The van der Waals surface area contributed by atoms with E-state index < -0.39 is 0 Å². The molecule has 27 heavy (non-hydrogen) atoms. The molecule has 0 saturated heterocycles. The standard InChI is InChI=1S/C25H27O2/c1-18-15-21(11-13-23(18)26-4)25(3,17-20-9-7-6-8-10-20)22-12-14-24(27-5)19(2)16-22/h7-16H,17H2,1-5H3. The Morgan fingerprint density at radius 3 is 1.67 bits per heavy atom. The van der Waals surface area contributed by atoms with Crippen molar-refractivity contribution in [2.75, 3.05) is 14.2 Å². The van der Waals surface area contributed by atoms with Crippen LogP contribution in [0.4, 0.5) is 0 Å². The van der Waals surface area contributed by atoms with Crippen molar-refractivity contribution in [3.63, 3.8) is 0 Å². The maximum absolute atomic E-state index is 5.47. The molecule has 139 valence electrons. The zero-order valence-electron chi connectivity index (χ0n) is 16.8. The molecule has 0 unspecified atom stereocenters. The van der Waals surface area contributed by atoms with E-state index in [1.165, 1.54) is 16.7 Å². The third-order valence-electron chi connectivity index (χ3n) is 5.41. The highest BCUT2D eigenvalue weighted by atomic mass is 16.5. The zero-order valence-corrected chi connectivity index (χ0v) is 16.8. The largest absolute Gasteiger partial charge is 0.496 e. The van der Waals surface area contributed by atoms with Crippen LogP contribution in [0.5, 0.6) is 11.5 Å². The minimum atomic E-state index is -0.171. The Balaban J connectivity index is 2.14. The maximum atomic E-state index is 5.47. The van der Waals surface area contributed by atoms with Crippen LogP contribution in [-0.4, -0.2) is 14.2 Å². The van der Waals surface area contributed by atoms with Gasteiger partial charge in [-0.2, -0.15) is 0 Å². The Hall–Kier alpha value is -2.74. The molecule has 0 aliphatic carbocycles. The van der Waals surface area contributed by atoms with E-state index >= 15 is 0 Å². The Morgan fingerprint density at radius 1 is 0.778 bits per heavy atom. The average Bonchev–Trinajstić information content (AvgIpc) is 2.68. The minimum Gasteiger partial charge on any atom is -0.496 e. The lowest BCUT2D eigenvalue weighted by molar-refractivity contribution is 0.410. The van der Waals surface area contributed by atoms with Crippen LogP contribution in [0.1, 0.15) is 34.7 Å². The van der Waals surface area contributed by atoms with Crippen molar-refractivity contribution in [2.45, 2.75) is 32.6 Å². The van der Waals surface area contributed by atoms with E-state index in [4.69, 9.17) is 9.47 Å². The number of rotatable bonds is 6. The lowest BCUT2D eigenvalue weighted by atomic mass is 9.71.